The summed E-state index contributed by atoms with van der Waals surface area (Å²) in [6, 6.07) is 12.9. The van der Waals surface area contributed by atoms with Crippen molar-refractivity contribution in [2.45, 2.75) is 51.5 Å². The van der Waals surface area contributed by atoms with Gasteiger partial charge in [0.1, 0.15) is 11.5 Å². The highest BCUT2D eigenvalue weighted by Crippen LogP contribution is 2.33. The minimum Gasteiger partial charge on any atom is -0.348 e. The Balaban J connectivity index is 1.78. The van der Waals surface area contributed by atoms with Gasteiger partial charge in [0.2, 0.25) is 0 Å². The summed E-state index contributed by atoms with van der Waals surface area (Å²) in [7, 11) is 0. The molecule has 2 aromatic carbocycles. The molecular weight excluding hydrogens is 453 g/mol. The Kier molecular flexibility index (Phi) is 6.90. The van der Waals surface area contributed by atoms with E-state index < -0.39 is 0 Å². The first-order valence-electron chi connectivity index (χ1n) is 10.6. The first-order chi connectivity index (χ1) is 14.9. The van der Waals surface area contributed by atoms with Crippen LogP contribution in [0, 0.1) is 6.92 Å². The third-order valence-corrected chi connectivity index (χ3v) is 6.57. The van der Waals surface area contributed by atoms with Crippen molar-refractivity contribution >= 4 is 40.7 Å². The standard InChI is InChI=1S/C24H24Cl3N3O/c1-15-22(24(31)28-18-6-4-2-3-5-7-18)29-23(20-13-10-17(26)14-21(20)27)30(15)19-11-8-16(25)9-12-19/h8-14,18H,2-7H2,1H3,(H,28,31). The van der Waals surface area contributed by atoms with E-state index in [2.05, 4.69) is 5.32 Å². The van der Waals surface area contributed by atoms with Crippen molar-refractivity contribution in [2.75, 3.05) is 0 Å². The predicted molar refractivity (Wildman–Crippen MR) is 128 cm³/mol. The average Bonchev–Trinajstić information content (AvgIpc) is 2.89. The van der Waals surface area contributed by atoms with E-state index >= 15 is 0 Å². The zero-order chi connectivity index (χ0) is 22.0. The smallest absolute Gasteiger partial charge is 0.272 e. The number of rotatable bonds is 4. The van der Waals surface area contributed by atoms with E-state index in [1.165, 1.54) is 12.8 Å². The number of benzene rings is 2. The molecule has 4 rings (SSSR count). The van der Waals surface area contributed by atoms with Crippen LogP contribution in [0.15, 0.2) is 42.5 Å². The maximum atomic E-state index is 13.2. The van der Waals surface area contributed by atoms with Gasteiger partial charge >= 0.3 is 0 Å². The molecule has 0 unspecified atom stereocenters. The van der Waals surface area contributed by atoms with Crippen molar-refractivity contribution in [3.05, 3.63) is 68.9 Å². The van der Waals surface area contributed by atoms with Crippen molar-refractivity contribution in [1.29, 1.82) is 0 Å². The number of halogens is 3. The second-order valence-electron chi connectivity index (χ2n) is 7.97. The predicted octanol–water partition coefficient (Wildman–Crippen LogP) is 7.26. The van der Waals surface area contributed by atoms with Crippen molar-refractivity contribution in [2.24, 2.45) is 0 Å². The van der Waals surface area contributed by atoms with E-state index in [0.29, 0.717) is 32.1 Å². The fourth-order valence-electron chi connectivity index (χ4n) is 4.15. The Morgan fingerprint density at radius 1 is 0.968 bits per heavy atom. The minimum atomic E-state index is -0.150. The number of amides is 1. The average molecular weight is 477 g/mol. The van der Waals surface area contributed by atoms with E-state index in [1.54, 1.807) is 12.1 Å². The van der Waals surface area contributed by atoms with Crippen molar-refractivity contribution in [1.82, 2.24) is 14.9 Å². The Morgan fingerprint density at radius 2 is 1.61 bits per heavy atom. The van der Waals surface area contributed by atoms with Crippen LogP contribution in [0.4, 0.5) is 0 Å². The van der Waals surface area contributed by atoms with Crippen LogP contribution >= 0.6 is 34.8 Å². The number of imidazole rings is 1. The quantitative estimate of drug-likeness (QED) is 0.403. The zero-order valence-electron chi connectivity index (χ0n) is 17.3. The van der Waals surface area contributed by atoms with Crippen LogP contribution < -0.4 is 5.32 Å². The lowest BCUT2D eigenvalue weighted by Gasteiger charge is -2.15. The molecule has 1 amide bonds. The first-order valence-corrected chi connectivity index (χ1v) is 11.7. The van der Waals surface area contributed by atoms with Gasteiger partial charge in [-0.15, -0.1) is 0 Å². The maximum absolute atomic E-state index is 13.2. The van der Waals surface area contributed by atoms with Gasteiger partial charge in [0.25, 0.3) is 5.91 Å². The number of hydrogen-bond acceptors (Lipinski definition) is 2. The molecular formula is C24H24Cl3N3O. The van der Waals surface area contributed by atoms with Crippen LogP contribution in [-0.2, 0) is 0 Å². The summed E-state index contributed by atoms with van der Waals surface area (Å²) >= 11 is 18.7. The Bertz CT molecular complexity index is 1080. The van der Waals surface area contributed by atoms with Gasteiger partial charge in [-0.2, -0.15) is 0 Å². The molecule has 1 aliphatic carbocycles. The zero-order valence-corrected chi connectivity index (χ0v) is 19.6. The van der Waals surface area contributed by atoms with Gasteiger partial charge in [0.15, 0.2) is 0 Å². The topological polar surface area (TPSA) is 46.9 Å². The van der Waals surface area contributed by atoms with Gasteiger partial charge in [-0.25, -0.2) is 4.98 Å². The molecule has 1 N–H and O–H groups in total. The summed E-state index contributed by atoms with van der Waals surface area (Å²) in [5.41, 5.74) is 2.70. The highest BCUT2D eigenvalue weighted by Gasteiger charge is 2.25. The third-order valence-electron chi connectivity index (χ3n) is 5.77. The SMILES string of the molecule is Cc1c(C(=O)NC2CCCCCC2)nc(-c2ccc(Cl)cc2Cl)n1-c1ccc(Cl)cc1. The lowest BCUT2D eigenvalue weighted by atomic mass is 10.1. The molecule has 0 bridgehead atoms. The van der Waals surface area contributed by atoms with Gasteiger partial charge in [-0.05, 0) is 62.2 Å². The normalized spacial score (nSPS) is 15.0. The van der Waals surface area contributed by atoms with E-state index in [9.17, 15) is 4.79 Å². The fraction of sp³-hybridized carbons (Fsp3) is 0.333. The van der Waals surface area contributed by atoms with Crippen molar-refractivity contribution in [3.8, 4) is 17.1 Å². The second-order valence-corrected chi connectivity index (χ2v) is 9.25. The summed E-state index contributed by atoms with van der Waals surface area (Å²) in [4.78, 5) is 18.0. The van der Waals surface area contributed by atoms with E-state index in [1.807, 2.05) is 41.8 Å². The van der Waals surface area contributed by atoms with E-state index in [4.69, 9.17) is 39.8 Å². The number of aromatic nitrogens is 2. The molecule has 1 aromatic heterocycles. The molecule has 4 nitrogen and oxygen atoms in total. The molecule has 162 valence electrons. The van der Waals surface area contributed by atoms with Crippen LogP contribution in [0.3, 0.4) is 0 Å². The number of nitrogens with one attached hydrogen (secondary N) is 1. The molecule has 1 aliphatic rings. The molecule has 1 saturated carbocycles. The van der Waals surface area contributed by atoms with Crippen LogP contribution in [0.25, 0.3) is 17.1 Å². The van der Waals surface area contributed by atoms with Gasteiger partial charge in [0, 0.05) is 27.3 Å². The largest absolute Gasteiger partial charge is 0.348 e. The molecule has 0 aliphatic heterocycles. The van der Waals surface area contributed by atoms with Crippen molar-refractivity contribution in [3.63, 3.8) is 0 Å². The maximum Gasteiger partial charge on any atom is 0.272 e. The van der Waals surface area contributed by atoms with Crippen LogP contribution in [-0.4, -0.2) is 21.5 Å². The minimum absolute atomic E-state index is 0.150. The first kappa shape index (κ1) is 22.2. The Morgan fingerprint density at radius 3 is 2.26 bits per heavy atom. The van der Waals surface area contributed by atoms with Gasteiger partial charge < -0.3 is 5.32 Å². The number of carbonyl (C=O) groups is 1. The number of hydrogen-bond donors (Lipinski definition) is 1. The lowest BCUT2D eigenvalue weighted by Crippen LogP contribution is -2.35. The summed E-state index contributed by atoms with van der Waals surface area (Å²) in [6.45, 7) is 1.90. The molecule has 0 atom stereocenters. The van der Waals surface area contributed by atoms with E-state index in [0.717, 1.165) is 37.1 Å². The summed E-state index contributed by atoms with van der Waals surface area (Å²) in [5.74, 6) is 0.441. The molecule has 1 heterocycles. The molecule has 1 fully saturated rings. The molecule has 7 heteroatoms. The third kappa shape index (κ3) is 4.92. The van der Waals surface area contributed by atoms with Crippen LogP contribution in [0.2, 0.25) is 15.1 Å². The highest BCUT2D eigenvalue weighted by molar-refractivity contribution is 6.36. The molecule has 3 aromatic rings. The Labute approximate surface area is 197 Å². The Hall–Kier alpha value is -2.01. The van der Waals surface area contributed by atoms with Gasteiger partial charge in [-0.3, -0.25) is 9.36 Å². The molecule has 0 saturated heterocycles. The highest BCUT2D eigenvalue weighted by atomic mass is 35.5. The molecule has 0 spiro atoms. The monoisotopic (exact) mass is 475 g/mol. The summed E-state index contributed by atoms with van der Waals surface area (Å²) in [6.07, 6.45) is 6.78. The second kappa shape index (κ2) is 9.64. The van der Waals surface area contributed by atoms with Crippen LogP contribution in [0.5, 0.6) is 0 Å². The summed E-state index contributed by atoms with van der Waals surface area (Å²) < 4.78 is 1.94. The van der Waals surface area contributed by atoms with Gasteiger partial charge in [-0.1, -0.05) is 60.5 Å². The van der Waals surface area contributed by atoms with Crippen LogP contribution in [0.1, 0.15) is 54.7 Å². The fourth-order valence-corrected chi connectivity index (χ4v) is 4.77. The number of nitrogens with zero attached hydrogens (tertiary/aromatic N) is 2. The molecule has 31 heavy (non-hydrogen) atoms. The molecule has 0 radical (unpaired) electrons. The van der Waals surface area contributed by atoms with Gasteiger partial charge in [0.05, 0.1) is 10.7 Å². The lowest BCUT2D eigenvalue weighted by molar-refractivity contribution is 0.0928. The summed E-state index contributed by atoms with van der Waals surface area (Å²) in [5, 5.41) is 4.86. The van der Waals surface area contributed by atoms with Crippen molar-refractivity contribution < 1.29 is 4.79 Å². The number of carbonyl (C=O) groups excluding carboxylic acids is 1. The van der Waals surface area contributed by atoms with E-state index in [-0.39, 0.29) is 11.9 Å².